The van der Waals surface area contributed by atoms with E-state index in [0.29, 0.717) is 22.7 Å². The summed E-state index contributed by atoms with van der Waals surface area (Å²) in [7, 11) is -3.80. The summed E-state index contributed by atoms with van der Waals surface area (Å²) in [5, 5.41) is 16.7. The Bertz CT molecular complexity index is 1080. The maximum atomic E-state index is 12.4. The maximum absolute atomic E-state index is 12.4. The van der Waals surface area contributed by atoms with Crippen LogP contribution < -0.4 is 9.62 Å². The molecule has 2 aromatic rings. The van der Waals surface area contributed by atoms with Gasteiger partial charge in [0.1, 0.15) is 15.6 Å². The van der Waals surface area contributed by atoms with Crippen LogP contribution >= 0.6 is 27.3 Å². The first-order chi connectivity index (χ1) is 15.2. The molecule has 0 unspecified atom stereocenters. The number of anilines is 2. The largest absolute Gasteiger partial charge is 0.490 e. The fourth-order valence-electron chi connectivity index (χ4n) is 2.33. The molecular formula is C18H21BrF3N3O6S2. The zero-order chi connectivity index (χ0) is 25.4. The standard InChI is InChI=1S/C16H20BrN3O4S2.C2HF3O2/c1-3-5-8-20(4-2)15-12(16(21)22)9-11(10-18-15)19-26(23,24)14-7-6-13(17)25-14;3-2(4,5)1(6)7/h6-7,9-10,19H,3-5,8H2,1-2H3,(H,21,22);(H,6,7). The minimum atomic E-state index is -5.08. The molecule has 0 amide bonds. The van der Waals surface area contributed by atoms with Crippen molar-refractivity contribution in [3.8, 4) is 0 Å². The van der Waals surface area contributed by atoms with E-state index in [9.17, 15) is 31.5 Å². The van der Waals surface area contributed by atoms with E-state index in [2.05, 4.69) is 32.6 Å². The molecular weight excluding hydrogens is 555 g/mol. The van der Waals surface area contributed by atoms with Crippen molar-refractivity contribution >= 4 is 60.7 Å². The predicted octanol–water partition coefficient (Wildman–Crippen LogP) is 4.66. The van der Waals surface area contributed by atoms with Crippen molar-refractivity contribution in [1.82, 2.24) is 4.98 Å². The number of thiophene rings is 1. The molecule has 0 radical (unpaired) electrons. The summed E-state index contributed by atoms with van der Waals surface area (Å²) in [6, 6.07) is 4.41. The lowest BCUT2D eigenvalue weighted by Crippen LogP contribution is -2.27. The number of rotatable bonds is 9. The SMILES string of the molecule is CCCCN(CC)c1ncc(NS(=O)(=O)c2ccc(Br)s2)cc1C(=O)O.O=C(O)C(F)(F)F. The van der Waals surface area contributed by atoms with Crippen LogP contribution in [0.15, 0.2) is 32.4 Å². The van der Waals surface area contributed by atoms with Crippen molar-refractivity contribution in [2.24, 2.45) is 0 Å². The Morgan fingerprint density at radius 2 is 1.85 bits per heavy atom. The van der Waals surface area contributed by atoms with Crippen molar-refractivity contribution in [3.63, 3.8) is 0 Å². The topological polar surface area (TPSA) is 137 Å². The number of hydrogen-bond acceptors (Lipinski definition) is 7. The van der Waals surface area contributed by atoms with Crippen LogP contribution in [0.1, 0.15) is 37.0 Å². The van der Waals surface area contributed by atoms with Crippen LogP contribution in [-0.4, -0.2) is 54.8 Å². The first-order valence-corrected chi connectivity index (χ1v) is 12.4. The Kier molecular flexibility index (Phi) is 10.6. The van der Waals surface area contributed by atoms with Crippen LogP contribution in [0.3, 0.4) is 0 Å². The van der Waals surface area contributed by atoms with Crippen molar-refractivity contribution in [3.05, 3.63) is 33.7 Å². The van der Waals surface area contributed by atoms with Gasteiger partial charge in [-0.1, -0.05) is 13.3 Å². The van der Waals surface area contributed by atoms with Crippen LogP contribution in [-0.2, 0) is 14.8 Å². The van der Waals surface area contributed by atoms with E-state index >= 15 is 0 Å². The number of unbranched alkanes of at least 4 members (excludes halogenated alkanes) is 1. The second-order valence-electron chi connectivity index (χ2n) is 6.30. The van der Waals surface area contributed by atoms with Gasteiger partial charge in [0.2, 0.25) is 0 Å². The van der Waals surface area contributed by atoms with Crippen molar-refractivity contribution < 1.29 is 41.4 Å². The Labute approximate surface area is 200 Å². The summed E-state index contributed by atoms with van der Waals surface area (Å²) in [5.41, 5.74) is 0.0812. The fourth-order valence-corrected chi connectivity index (χ4v) is 5.38. The average Bonchev–Trinajstić information content (AvgIpc) is 3.16. The van der Waals surface area contributed by atoms with E-state index in [4.69, 9.17) is 9.90 Å². The van der Waals surface area contributed by atoms with Gasteiger partial charge in [-0.15, -0.1) is 11.3 Å². The molecule has 33 heavy (non-hydrogen) atoms. The number of hydrogen-bond donors (Lipinski definition) is 3. The highest BCUT2D eigenvalue weighted by atomic mass is 79.9. The molecule has 0 atom stereocenters. The van der Waals surface area contributed by atoms with Crippen LogP contribution in [0.2, 0.25) is 0 Å². The second-order valence-corrected chi connectivity index (χ2v) is 10.7. The van der Waals surface area contributed by atoms with Gasteiger partial charge in [0.15, 0.2) is 0 Å². The molecule has 0 saturated heterocycles. The number of halogens is 4. The number of carbonyl (C=O) groups is 2. The van der Waals surface area contributed by atoms with Crippen LogP contribution in [0.25, 0.3) is 0 Å². The first-order valence-electron chi connectivity index (χ1n) is 9.29. The highest BCUT2D eigenvalue weighted by Crippen LogP contribution is 2.29. The van der Waals surface area contributed by atoms with E-state index < -0.39 is 28.1 Å². The third-order valence-electron chi connectivity index (χ3n) is 3.87. The Balaban J connectivity index is 0.000000675. The number of carboxylic acid groups (broad SMARTS) is 2. The maximum Gasteiger partial charge on any atom is 0.490 e. The monoisotopic (exact) mass is 575 g/mol. The molecule has 184 valence electrons. The number of pyridine rings is 1. The number of aromatic nitrogens is 1. The number of sulfonamides is 1. The molecule has 0 fully saturated rings. The van der Waals surface area contributed by atoms with Gasteiger partial charge in [-0.05, 0) is 47.5 Å². The van der Waals surface area contributed by atoms with Gasteiger partial charge in [-0.2, -0.15) is 13.2 Å². The molecule has 0 aliphatic heterocycles. The number of carboxylic acids is 2. The molecule has 15 heteroatoms. The number of nitrogens with zero attached hydrogens (tertiary/aromatic N) is 2. The zero-order valence-electron chi connectivity index (χ0n) is 17.4. The molecule has 2 aromatic heterocycles. The molecule has 0 aliphatic carbocycles. The predicted molar refractivity (Wildman–Crippen MR) is 121 cm³/mol. The lowest BCUT2D eigenvalue weighted by molar-refractivity contribution is -0.192. The number of alkyl halides is 3. The molecule has 2 rings (SSSR count). The van der Waals surface area contributed by atoms with Gasteiger partial charge in [-0.3, -0.25) is 4.72 Å². The van der Waals surface area contributed by atoms with Gasteiger partial charge in [0.05, 0.1) is 15.7 Å². The van der Waals surface area contributed by atoms with Gasteiger partial charge in [0.25, 0.3) is 10.0 Å². The molecule has 0 aromatic carbocycles. The molecule has 0 spiro atoms. The van der Waals surface area contributed by atoms with Crippen molar-refractivity contribution in [2.75, 3.05) is 22.7 Å². The quantitative estimate of drug-likeness (QED) is 0.392. The van der Waals surface area contributed by atoms with Crippen LogP contribution in [0, 0.1) is 0 Å². The molecule has 0 saturated carbocycles. The van der Waals surface area contributed by atoms with Gasteiger partial charge in [0, 0.05) is 13.1 Å². The fraction of sp³-hybridized carbons (Fsp3) is 0.389. The molecule has 2 heterocycles. The summed E-state index contributed by atoms with van der Waals surface area (Å²) < 4.78 is 59.7. The van der Waals surface area contributed by atoms with E-state index in [1.807, 2.05) is 11.8 Å². The van der Waals surface area contributed by atoms with Crippen LogP contribution in [0.5, 0.6) is 0 Å². The zero-order valence-corrected chi connectivity index (χ0v) is 20.6. The molecule has 3 N–H and O–H groups in total. The smallest absolute Gasteiger partial charge is 0.478 e. The number of aliphatic carboxylic acids is 1. The minimum Gasteiger partial charge on any atom is -0.478 e. The van der Waals surface area contributed by atoms with Crippen molar-refractivity contribution in [2.45, 2.75) is 37.1 Å². The van der Waals surface area contributed by atoms with Crippen molar-refractivity contribution in [1.29, 1.82) is 0 Å². The number of aromatic carboxylic acids is 1. The van der Waals surface area contributed by atoms with Gasteiger partial charge < -0.3 is 15.1 Å². The van der Waals surface area contributed by atoms with E-state index in [1.165, 1.54) is 18.3 Å². The summed E-state index contributed by atoms with van der Waals surface area (Å²) in [6.45, 7) is 5.28. The van der Waals surface area contributed by atoms with Crippen LogP contribution in [0.4, 0.5) is 24.7 Å². The van der Waals surface area contributed by atoms with E-state index in [-0.39, 0.29) is 15.5 Å². The van der Waals surface area contributed by atoms with E-state index in [0.717, 1.165) is 24.2 Å². The third kappa shape index (κ3) is 8.81. The average molecular weight is 576 g/mol. The lowest BCUT2D eigenvalue weighted by Gasteiger charge is -2.23. The summed E-state index contributed by atoms with van der Waals surface area (Å²) in [6.07, 6.45) is -1.85. The molecule has 9 nitrogen and oxygen atoms in total. The second kappa shape index (κ2) is 12.2. The van der Waals surface area contributed by atoms with E-state index in [1.54, 1.807) is 6.07 Å². The summed E-state index contributed by atoms with van der Waals surface area (Å²) >= 11 is 4.29. The minimum absolute atomic E-state index is 0.0319. The first kappa shape index (κ1) is 28.6. The normalized spacial score (nSPS) is 11.3. The summed E-state index contributed by atoms with van der Waals surface area (Å²) in [5.74, 6) is -3.56. The Morgan fingerprint density at radius 1 is 1.24 bits per heavy atom. The third-order valence-corrected chi connectivity index (χ3v) is 7.36. The highest BCUT2D eigenvalue weighted by molar-refractivity contribution is 9.11. The Hall–Kier alpha value is -2.39. The summed E-state index contributed by atoms with van der Waals surface area (Å²) in [4.78, 5) is 26.7. The number of nitrogens with one attached hydrogen (secondary N) is 1. The molecule has 0 bridgehead atoms. The Morgan fingerprint density at radius 3 is 2.27 bits per heavy atom. The van der Waals surface area contributed by atoms with Gasteiger partial charge >= 0.3 is 18.1 Å². The highest BCUT2D eigenvalue weighted by Gasteiger charge is 2.38. The lowest BCUT2D eigenvalue weighted by atomic mass is 10.2. The molecule has 0 aliphatic rings. The van der Waals surface area contributed by atoms with Gasteiger partial charge in [-0.25, -0.2) is 23.0 Å².